The molecule has 102 valence electrons. The van der Waals surface area contributed by atoms with Crippen molar-refractivity contribution in [2.24, 2.45) is 0 Å². The van der Waals surface area contributed by atoms with Crippen LogP contribution in [0.5, 0.6) is 0 Å². The van der Waals surface area contributed by atoms with E-state index in [2.05, 4.69) is 0 Å². The zero-order valence-electron chi connectivity index (χ0n) is 10.5. The maximum Gasteiger partial charge on any atom is 0.254 e. The first-order chi connectivity index (χ1) is 8.88. The lowest BCUT2D eigenvalue weighted by atomic mass is 10.1. The average molecular weight is 283 g/mol. The summed E-state index contributed by atoms with van der Waals surface area (Å²) in [7, 11) is -3.02. The lowest BCUT2D eigenvalue weighted by molar-refractivity contribution is 0.0745. The fourth-order valence-corrected chi connectivity index (χ4v) is 4.86. The molecule has 3 rings (SSSR count). The molecule has 0 aromatic heterocycles. The standard InChI is InChI=1S/C13H14FNO3S/c1-8-2-3-9(4-12(8)14)13(16)15-6-11-5-10(15)7-19(11,17)18/h2-4,10-11H,5-7H2,1H3. The van der Waals surface area contributed by atoms with Crippen LogP contribution >= 0.6 is 0 Å². The Morgan fingerprint density at radius 1 is 1.42 bits per heavy atom. The molecule has 6 heteroatoms. The first-order valence-electron chi connectivity index (χ1n) is 6.17. The Morgan fingerprint density at radius 2 is 2.16 bits per heavy atom. The van der Waals surface area contributed by atoms with E-state index in [-0.39, 0.29) is 29.8 Å². The van der Waals surface area contributed by atoms with E-state index in [0.717, 1.165) is 0 Å². The highest BCUT2D eigenvalue weighted by molar-refractivity contribution is 7.92. The third-order valence-corrected chi connectivity index (χ3v) is 6.19. The van der Waals surface area contributed by atoms with E-state index < -0.39 is 20.9 Å². The number of fused-ring (bicyclic) bond motifs is 2. The van der Waals surface area contributed by atoms with Crippen molar-refractivity contribution in [1.29, 1.82) is 0 Å². The van der Waals surface area contributed by atoms with Gasteiger partial charge in [0.25, 0.3) is 5.91 Å². The second-order valence-corrected chi connectivity index (χ2v) is 7.59. The minimum atomic E-state index is -3.02. The summed E-state index contributed by atoms with van der Waals surface area (Å²) in [6.07, 6.45) is 0.516. The van der Waals surface area contributed by atoms with E-state index in [9.17, 15) is 17.6 Å². The molecule has 2 atom stereocenters. The van der Waals surface area contributed by atoms with Gasteiger partial charge in [0.05, 0.1) is 11.0 Å². The minimum absolute atomic E-state index is 0.0394. The molecule has 2 saturated heterocycles. The SMILES string of the molecule is Cc1ccc(C(=O)N2CC3CC2CS3(=O)=O)cc1F. The van der Waals surface area contributed by atoms with Gasteiger partial charge >= 0.3 is 0 Å². The molecule has 2 heterocycles. The summed E-state index contributed by atoms with van der Waals surface area (Å²) >= 11 is 0. The number of halogens is 1. The van der Waals surface area contributed by atoms with Gasteiger partial charge in [-0.1, -0.05) is 6.07 Å². The van der Waals surface area contributed by atoms with Crippen molar-refractivity contribution < 1.29 is 17.6 Å². The van der Waals surface area contributed by atoms with Gasteiger partial charge in [-0.15, -0.1) is 0 Å². The largest absolute Gasteiger partial charge is 0.333 e. The third kappa shape index (κ3) is 1.94. The quantitative estimate of drug-likeness (QED) is 0.777. The van der Waals surface area contributed by atoms with Crippen molar-refractivity contribution in [2.45, 2.75) is 24.6 Å². The summed E-state index contributed by atoms with van der Waals surface area (Å²) in [6.45, 7) is 1.87. The summed E-state index contributed by atoms with van der Waals surface area (Å²) in [4.78, 5) is 13.8. The molecule has 19 heavy (non-hydrogen) atoms. The monoisotopic (exact) mass is 283 g/mol. The molecule has 2 bridgehead atoms. The number of carbonyl (C=O) groups excluding carboxylic acids is 1. The third-order valence-electron chi connectivity index (χ3n) is 3.99. The second kappa shape index (κ2) is 4.03. The summed E-state index contributed by atoms with van der Waals surface area (Å²) in [5.41, 5.74) is 0.773. The normalized spacial score (nSPS) is 27.8. The Labute approximate surface area is 111 Å². The van der Waals surface area contributed by atoms with Crippen LogP contribution in [-0.4, -0.2) is 42.8 Å². The van der Waals surface area contributed by atoms with Gasteiger partial charge in [-0.05, 0) is 31.0 Å². The lowest BCUT2D eigenvalue weighted by Crippen LogP contribution is -2.44. The van der Waals surface area contributed by atoms with Crippen LogP contribution in [0.2, 0.25) is 0 Å². The molecule has 4 nitrogen and oxygen atoms in total. The lowest BCUT2D eigenvalue weighted by Gasteiger charge is -2.27. The Kier molecular flexibility index (Phi) is 2.67. The molecule has 2 aliphatic heterocycles. The zero-order chi connectivity index (χ0) is 13.8. The number of carbonyl (C=O) groups is 1. The number of benzene rings is 1. The van der Waals surface area contributed by atoms with Gasteiger partial charge in [-0.2, -0.15) is 0 Å². The first-order valence-corrected chi connectivity index (χ1v) is 7.89. The molecule has 0 spiro atoms. The van der Waals surface area contributed by atoms with Crippen LogP contribution in [0.4, 0.5) is 4.39 Å². The molecule has 2 aliphatic rings. The van der Waals surface area contributed by atoms with Gasteiger partial charge in [0.2, 0.25) is 0 Å². The van der Waals surface area contributed by atoms with Crippen LogP contribution in [0.25, 0.3) is 0 Å². The zero-order valence-corrected chi connectivity index (χ0v) is 11.3. The van der Waals surface area contributed by atoms with Crippen molar-refractivity contribution in [3.8, 4) is 0 Å². The van der Waals surface area contributed by atoms with Crippen LogP contribution in [0.15, 0.2) is 18.2 Å². The molecule has 2 fully saturated rings. The number of aryl methyl sites for hydroxylation is 1. The number of amides is 1. The topological polar surface area (TPSA) is 54.5 Å². The summed E-state index contributed by atoms with van der Waals surface area (Å²) in [6, 6.07) is 4.12. The number of rotatable bonds is 1. The van der Waals surface area contributed by atoms with E-state index in [1.807, 2.05) is 0 Å². The molecule has 1 amide bonds. The van der Waals surface area contributed by atoms with Crippen molar-refractivity contribution >= 4 is 15.7 Å². The highest BCUT2D eigenvalue weighted by Gasteiger charge is 2.50. The van der Waals surface area contributed by atoms with E-state index in [1.54, 1.807) is 24.0 Å². The van der Waals surface area contributed by atoms with Gasteiger partial charge in [0.15, 0.2) is 9.84 Å². The second-order valence-electron chi connectivity index (χ2n) is 5.26. The summed E-state index contributed by atoms with van der Waals surface area (Å²) in [5.74, 6) is -0.651. The molecular formula is C13H14FNO3S. The maximum absolute atomic E-state index is 13.5. The van der Waals surface area contributed by atoms with Crippen LogP contribution in [-0.2, 0) is 9.84 Å². The Hall–Kier alpha value is -1.43. The number of likely N-dealkylation sites (tertiary alicyclic amines) is 1. The minimum Gasteiger partial charge on any atom is -0.333 e. The summed E-state index contributed by atoms with van der Waals surface area (Å²) in [5, 5.41) is -0.434. The van der Waals surface area contributed by atoms with Gasteiger partial charge in [0, 0.05) is 18.2 Å². The maximum atomic E-state index is 13.5. The first kappa shape index (κ1) is 12.6. The Balaban J connectivity index is 1.85. The molecule has 0 N–H and O–H groups in total. The fourth-order valence-electron chi connectivity index (χ4n) is 2.84. The number of sulfone groups is 1. The molecule has 2 unspecified atom stereocenters. The van der Waals surface area contributed by atoms with E-state index >= 15 is 0 Å². The van der Waals surface area contributed by atoms with Crippen molar-refractivity contribution in [3.63, 3.8) is 0 Å². The number of nitrogens with zero attached hydrogens (tertiary/aromatic N) is 1. The molecular weight excluding hydrogens is 269 g/mol. The van der Waals surface area contributed by atoms with Crippen LogP contribution in [0.1, 0.15) is 22.3 Å². The van der Waals surface area contributed by atoms with Crippen LogP contribution < -0.4 is 0 Å². The summed E-state index contributed by atoms with van der Waals surface area (Å²) < 4.78 is 36.7. The Bertz CT molecular complexity index is 656. The van der Waals surface area contributed by atoms with Crippen LogP contribution in [0, 0.1) is 12.7 Å². The van der Waals surface area contributed by atoms with Crippen molar-refractivity contribution in [3.05, 3.63) is 35.1 Å². The van der Waals surface area contributed by atoms with E-state index in [4.69, 9.17) is 0 Å². The highest BCUT2D eigenvalue weighted by atomic mass is 32.2. The highest BCUT2D eigenvalue weighted by Crippen LogP contribution is 2.33. The average Bonchev–Trinajstić information content (AvgIpc) is 2.87. The van der Waals surface area contributed by atoms with Crippen LogP contribution in [0.3, 0.4) is 0 Å². The molecule has 1 aromatic rings. The fraction of sp³-hybridized carbons (Fsp3) is 0.462. The van der Waals surface area contributed by atoms with E-state index in [0.29, 0.717) is 12.0 Å². The van der Waals surface area contributed by atoms with Crippen molar-refractivity contribution in [2.75, 3.05) is 12.3 Å². The number of hydrogen-bond acceptors (Lipinski definition) is 3. The smallest absolute Gasteiger partial charge is 0.254 e. The molecule has 1 aromatic carbocycles. The van der Waals surface area contributed by atoms with Gasteiger partial charge in [-0.25, -0.2) is 12.8 Å². The molecule has 0 saturated carbocycles. The molecule has 0 aliphatic carbocycles. The van der Waals surface area contributed by atoms with Gasteiger partial charge < -0.3 is 4.90 Å². The van der Waals surface area contributed by atoms with Gasteiger partial charge in [0.1, 0.15) is 5.82 Å². The predicted molar refractivity (Wildman–Crippen MR) is 68.2 cm³/mol. The predicted octanol–water partition coefficient (Wildman–Crippen LogP) is 1.15. The van der Waals surface area contributed by atoms with Crippen molar-refractivity contribution in [1.82, 2.24) is 4.90 Å². The van der Waals surface area contributed by atoms with E-state index in [1.165, 1.54) is 6.07 Å². The van der Waals surface area contributed by atoms with Gasteiger partial charge in [-0.3, -0.25) is 4.79 Å². The number of hydrogen-bond donors (Lipinski definition) is 0. The Morgan fingerprint density at radius 3 is 2.68 bits per heavy atom. The molecule has 0 radical (unpaired) electrons.